The summed E-state index contributed by atoms with van der Waals surface area (Å²) in [5.74, 6) is 0. The van der Waals surface area contributed by atoms with Crippen molar-refractivity contribution >= 4 is 6.29 Å². The molecule has 82 valence electrons. The van der Waals surface area contributed by atoms with E-state index in [1.807, 2.05) is 26.0 Å². The lowest BCUT2D eigenvalue weighted by Gasteiger charge is -2.03. The summed E-state index contributed by atoms with van der Waals surface area (Å²) in [6.07, 6.45) is 5.99. The molecule has 0 saturated carbocycles. The Labute approximate surface area is 93.9 Å². The Bertz CT molecular complexity index is 488. The van der Waals surface area contributed by atoms with Crippen molar-refractivity contribution in [1.29, 1.82) is 0 Å². The van der Waals surface area contributed by atoms with Crippen LogP contribution in [0.2, 0.25) is 0 Å². The first kappa shape index (κ1) is 10.5. The third kappa shape index (κ3) is 1.86. The molecule has 0 unspecified atom stereocenters. The van der Waals surface area contributed by atoms with Gasteiger partial charge >= 0.3 is 0 Å². The average Bonchev–Trinajstić information content (AvgIpc) is 2.74. The van der Waals surface area contributed by atoms with Crippen molar-refractivity contribution in [2.45, 2.75) is 19.9 Å². The van der Waals surface area contributed by atoms with Crippen LogP contribution in [0.15, 0.2) is 30.7 Å². The third-order valence-corrected chi connectivity index (χ3v) is 2.37. The Morgan fingerprint density at radius 2 is 2.00 bits per heavy atom. The van der Waals surface area contributed by atoms with Crippen molar-refractivity contribution in [2.24, 2.45) is 0 Å². The van der Waals surface area contributed by atoms with E-state index in [4.69, 9.17) is 0 Å². The van der Waals surface area contributed by atoms with Gasteiger partial charge in [0, 0.05) is 30.2 Å². The predicted octanol–water partition coefficient (Wildman–Crippen LogP) is 2.34. The summed E-state index contributed by atoms with van der Waals surface area (Å²) in [6, 6.07) is 3.94. The van der Waals surface area contributed by atoms with Gasteiger partial charge in [0.2, 0.25) is 0 Å². The number of hydrogen-bond donors (Lipinski definition) is 0. The van der Waals surface area contributed by atoms with Gasteiger partial charge in [0.25, 0.3) is 0 Å². The number of rotatable bonds is 3. The van der Waals surface area contributed by atoms with Crippen LogP contribution in [0.4, 0.5) is 0 Å². The molecule has 0 radical (unpaired) electrons. The van der Waals surface area contributed by atoms with Crippen LogP contribution < -0.4 is 0 Å². The molecule has 0 spiro atoms. The first-order valence-corrected chi connectivity index (χ1v) is 5.17. The Morgan fingerprint density at radius 3 is 2.56 bits per heavy atom. The van der Waals surface area contributed by atoms with Crippen LogP contribution in [0.5, 0.6) is 0 Å². The lowest BCUT2D eigenvalue weighted by molar-refractivity contribution is 0.112. The highest BCUT2D eigenvalue weighted by Gasteiger charge is 2.11. The van der Waals surface area contributed by atoms with E-state index in [0.717, 1.165) is 11.8 Å². The number of carbonyl (C=O) groups excluding carboxylic acids is 1. The summed E-state index contributed by atoms with van der Waals surface area (Å²) in [5.41, 5.74) is 2.24. The minimum absolute atomic E-state index is 0.245. The molecule has 0 aliphatic rings. The van der Waals surface area contributed by atoms with Gasteiger partial charge in [-0.05, 0) is 26.0 Å². The maximum absolute atomic E-state index is 11.0. The largest absolute Gasteiger partial charge is 0.298 e. The molecular formula is C12H13N3O. The lowest BCUT2D eigenvalue weighted by atomic mass is 10.1. The molecule has 0 saturated heterocycles. The molecule has 0 aliphatic heterocycles. The highest BCUT2D eigenvalue weighted by Crippen LogP contribution is 2.21. The minimum Gasteiger partial charge on any atom is -0.298 e. The van der Waals surface area contributed by atoms with E-state index < -0.39 is 0 Å². The molecule has 2 heterocycles. The zero-order valence-electron chi connectivity index (χ0n) is 9.29. The van der Waals surface area contributed by atoms with Gasteiger partial charge in [0.15, 0.2) is 6.29 Å². The van der Waals surface area contributed by atoms with Crippen molar-refractivity contribution in [3.05, 3.63) is 36.3 Å². The van der Waals surface area contributed by atoms with Crippen molar-refractivity contribution < 1.29 is 4.79 Å². The molecule has 0 aliphatic carbocycles. The second-order valence-corrected chi connectivity index (χ2v) is 3.86. The maximum atomic E-state index is 11.0. The van der Waals surface area contributed by atoms with E-state index in [1.54, 1.807) is 23.3 Å². The van der Waals surface area contributed by atoms with Gasteiger partial charge in [-0.15, -0.1) is 0 Å². The van der Waals surface area contributed by atoms with Crippen molar-refractivity contribution in [3.8, 4) is 11.3 Å². The Hall–Kier alpha value is -1.97. The Morgan fingerprint density at radius 1 is 1.31 bits per heavy atom. The smallest absolute Gasteiger partial charge is 0.153 e. The van der Waals surface area contributed by atoms with E-state index >= 15 is 0 Å². The van der Waals surface area contributed by atoms with Gasteiger partial charge in [0.05, 0.1) is 5.56 Å². The van der Waals surface area contributed by atoms with Gasteiger partial charge in [0.1, 0.15) is 5.69 Å². The summed E-state index contributed by atoms with van der Waals surface area (Å²) in [6.45, 7) is 4.05. The number of hydrogen-bond acceptors (Lipinski definition) is 3. The SMILES string of the molecule is CC(C)n1cc(C=O)c(-c2ccncc2)n1. The fraction of sp³-hybridized carbons (Fsp3) is 0.250. The quantitative estimate of drug-likeness (QED) is 0.738. The minimum atomic E-state index is 0.245. The van der Waals surface area contributed by atoms with Gasteiger partial charge in [-0.25, -0.2) is 0 Å². The first-order chi connectivity index (χ1) is 7.72. The van der Waals surface area contributed by atoms with Crippen molar-refractivity contribution in [2.75, 3.05) is 0 Å². The maximum Gasteiger partial charge on any atom is 0.153 e. The van der Waals surface area contributed by atoms with Crippen LogP contribution >= 0.6 is 0 Å². The normalized spacial score (nSPS) is 10.7. The monoisotopic (exact) mass is 215 g/mol. The number of nitrogens with zero attached hydrogens (tertiary/aromatic N) is 3. The van der Waals surface area contributed by atoms with Crippen LogP contribution in [0, 0.1) is 0 Å². The van der Waals surface area contributed by atoms with Gasteiger partial charge in [-0.1, -0.05) is 0 Å². The second-order valence-electron chi connectivity index (χ2n) is 3.86. The van der Waals surface area contributed by atoms with E-state index in [9.17, 15) is 4.79 Å². The zero-order valence-corrected chi connectivity index (χ0v) is 9.29. The highest BCUT2D eigenvalue weighted by atomic mass is 16.1. The predicted molar refractivity (Wildman–Crippen MR) is 61.2 cm³/mol. The van der Waals surface area contributed by atoms with Crippen molar-refractivity contribution in [3.63, 3.8) is 0 Å². The molecule has 0 atom stereocenters. The van der Waals surface area contributed by atoms with E-state index in [1.165, 1.54) is 0 Å². The fourth-order valence-corrected chi connectivity index (χ4v) is 1.49. The summed E-state index contributed by atoms with van der Waals surface area (Å²) in [4.78, 5) is 14.9. The van der Waals surface area contributed by atoms with Crippen molar-refractivity contribution in [1.82, 2.24) is 14.8 Å². The number of aldehydes is 1. The third-order valence-electron chi connectivity index (χ3n) is 2.37. The van der Waals surface area contributed by atoms with Crippen LogP contribution in [0.25, 0.3) is 11.3 Å². The molecule has 4 heteroatoms. The Balaban J connectivity index is 2.52. The topological polar surface area (TPSA) is 47.8 Å². The van der Waals surface area contributed by atoms with Crippen LogP contribution in [-0.2, 0) is 0 Å². The number of pyridine rings is 1. The Kier molecular flexibility index (Phi) is 2.81. The van der Waals surface area contributed by atoms with E-state index in [-0.39, 0.29) is 6.04 Å². The lowest BCUT2D eigenvalue weighted by Crippen LogP contribution is -2.00. The molecule has 0 bridgehead atoms. The molecule has 2 rings (SSSR count). The van der Waals surface area contributed by atoms with Gasteiger partial charge in [-0.2, -0.15) is 5.10 Å². The summed E-state index contributed by atoms with van der Waals surface area (Å²) in [5, 5.41) is 4.41. The standard InChI is InChI=1S/C12H13N3O/c1-9(2)15-7-11(8-16)12(14-15)10-3-5-13-6-4-10/h3-9H,1-2H3. The molecular weight excluding hydrogens is 202 g/mol. The summed E-state index contributed by atoms with van der Waals surface area (Å²) in [7, 11) is 0. The molecule has 0 fully saturated rings. The fourth-order valence-electron chi connectivity index (χ4n) is 1.49. The zero-order chi connectivity index (χ0) is 11.5. The molecule has 16 heavy (non-hydrogen) atoms. The van der Waals surface area contributed by atoms with Crippen LogP contribution in [0.1, 0.15) is 30.2 Å². The number of aromatic nitrogens is 3. The molecule has 0 N–H and O–H groups in total. The van der Waals surface area contributed by atoms with E-state index in [2.05, 4.69) is 10.1 Å². The highest BCUT2D eigenvalue weighted by molar-refractivity contribution is 5.85. The molecule has 4 nitrogen and oxygen atoms in total. The van der Waals surface area contributed by atoms with Gasteiger partial charge < -0.3 is 0 Å². The van der Waals surface area contributed by atoms with Crippen LogP contribution in [0.3, 0.4) is 0 Å². The van der Waals surface area contributed by atoms with Gasteiger partial charge in [-0.3, -0.25) is 14.5 Å². The molecule has 0 aromatic carbocycles. The van der Waals surface area contributed by atoms with E-state index in [0.29, 0.717) is 11.3 Å². The summed E-state index contributed by atoms with van der Waals surface area (Å²) < 4.78 is 1.79. The molecule has 2 aromatic rings. The molecule has 0 amide bonds. The summed E-state index contributed by atoms with van der Waals surface area (Å²) >= 11 is 0. The van der Waals surface area contributed by atoms with Crippen LogP contribution in [-0.4, -0.2) is 21.1 Å². The first-order valence-electron chi connectivity index (χ1n) is 5.17. The number of carbonyl (C=O) groups is 1. The average molecular weight is 215 g/mol. The molecule has 2 aromatic heterocycles. The second kappa shape index (κ2) is 4.26.